The van der Waals surface area contributed by atoms with Crippen LogP contribution in [0.15, 0.2) is 40.7 Å². The summed E-state index contributed by atoms with van der Waals surface area (Å²) in [5.41, 5.74) is 1.65. The molecule has 0 aliphatic heterocycles. The molecule has 0 spiro atoms. The molecule has 0 aliphatic carbocycles. The van der Waals surface area contributed by atoms with E-state index in [4.69, 9.17) is 0 Å². The van der Waals surface area contributed by atoms with Crippen molar-refractivity contribution < 1.29 is 4.39 Å². The van der Waals surface area contributed by atoms with Crippen molar-refractivity contribution >= 4 is 41.3 Å². The van der Waals surface area contributed by atoms with Crippen LogP contribution in [0.3, 0.4) is 0 Å². The fraction of sp³-hybridized carbons (Fsp3) is 0.312. The van der Waals surface area contributed by atoms with Gasteiger partial charge in [-0.25, -0.2) is 9.38 Å². The van der Waals surface area contributed by atoms with Crippen molar-refractivity contribution in [2.24, 2.45) is 4.99 Å². The average Bonchev–Trinajstić information content (AvgIpc) is 2.99. The molecule has 120 valence electrons. The van der Waals surface area contributed by atoms with E-state index in [1.54, 1.807) is 24.3 Å². The molecule has 2 N–H and O–H groups in total. The van der Waals surface area contributed by atoms with Gasteiger partial charge in [-0.05, 0) is 42.5 Å². The minimum atomic E-state index is -0.176. The van der Waals surface area contributed by atoms with E-state index in [0.29, 0.717) is 12.1 Å². The number of aryl methyl sites for hydroxylation is 1. The average molecular weight is 433 g/mol. The summed E-state index contributed by atoms with van der Waals surface area (Å²) >= 11 is 1.71. The molecule has 1 aromatic heterocycles. The lowest BCUT2D eigenvalue weighted by Gasteiger charge is -2.10. The number of nitrogens with zero attached hydrogens (tertiary/aromatic N) is 1. The molecule has 2 rings (SSSR count). The second-order valence-electron chi connectivity index (χ2n) is 4.71. The van der Waals surface area contributed by atoms with Crippen molar-refractivity contribution in [2.45, 2.75) is 26.9 Å². The van der Waals surface area contributed by atoms with Gasteiger partial charge in [0.05, 0.1) is 13.1 Å². The molecule has 2 aromatic rings. The smallest absolute Gasteiger partial charge is 0.191 e. The van der Waals surface area contributed by atoms with Gasteiger partial charge in [0.15, 0.2) is 5.96 Å². The summed E-state index contributed by atoms with van der Waals surface area (Å²) in [4.78, 5) is 5.79. The summed E-state index contributed by atoms with van der Waals surface area (Å²) in [6, 6.07) is 9.22. The van der Waals surface area contributed by atoms with E-state index in [1.165, 1.54) is 10.9 Å². The summed E-state index contributed by atoms with van der Waals surface area (Å²) in [7, 11) is 0. The van der Waals surface area contributed by atoms with Gasteiger partial charge in [-0.3, -0.25) is 0 Å². The van der Waals surface area contributed by atoms with E-state index in [0.717, 1.165) is 24.6 Å². The summed E-state index contributed by atoms with van der Waals surface area (Å²) in [5.74, 6) is 0.596. The predicted octanol–water partition coefficient (Wildman–Crippen LogP) is 4.07. The second-order valence-corrected chi connectivity index (χ2v) is 5.74. The number of benzene rings is 1. The zero-order chi connectivity index (χ0) is 15.1. The van der Waals surface area contributed by atoms with Gasteiger partial charge in [-0.1, -0.05) is 18.2 Å². The second kappa shape index (κ2) is 9.78. The number of nitrogens with one attached hydrogen (secondary N) is 2. The molecule has 6 heteroatoms. The van der Waals surface area contributed by atoms with E-state index < -0.39 is 0 Å². The highest BCUT2D eigenvalue weighted by Crippen LogP contribution is 2.10. The minimum absolute atomic E-state index is 0. The zero-order valence-corrected chi connectivity index (χ0v) is 15.9. The van der Waals surface area contributed by atoms with Crippen LogP contribution in [0.1, 0.15) is 22.9 Å². The normalized spacial score (nSPS) is 11.0. The van der Waals surface area contributed by atoms with Gasteiger partial charge in [-0.2, -0.15) is 0 Å². The Labute approximate surface area is 152 Å². The van der Waals surface area contributed by atoms with Crippen LogP contribution in [0.2, 0.25) is 0 Å². The van der Waals surface area contributed by atoms with Crippen LogP contribution >= 0.6 is 35.3 Å². The molecule has 0 aliphatic rings. The fourth-order valence-corrected chi connectivity index (χ4v) is 2.55. The third kappa shape index (κ3) is 5.92. The maximum Gasteiger partial charge on any atom is 0.191 e. The van der Waals surface area contributed by atoms with E-state index in [-0.39, 0.29) is 29.8 Å². The van der Waals surface area contributed by atoms with E-state index in [9.17, 15) is 4.39 Å². The molecule has 0 unspecified atom stereocenters. The molecule has 1 aromatic carbocycles. The Balaban J connectivity index is 0.00000242. The Bertz CT molecular complexity index is 599. The molecular formula is C16H21FIN3S. The summed E-state index contributed by atoms with van der Waals surface area (Å²) < 4.78 is 13.2. The topological polar surface area (TPSA) is 36.4 Å². The molecule has 0 atom stereocenters. The maximum absolute atomic E-state index is 13.2. The highest BCUT2D eigenvalue weighted by Gasteiger charge is 2.01. The first-order valence-corrected chi connectivity index (χ1v) is 7.86. The molecule has 3 nitrogen and oxygen atoms in total. The molecule has 0 fully saturated rings. The van der Waals surface area contributed by atoms with Crippen molar-refractivity contribution in [1.29, 1.82) is 0 Å². The van der Waals surface area contributed by atoms with Gasteiger partial charge in [0.25, 0.3) is 0 Å². The molecule has 0 saturated heterocycles. The Kier molecular flexibility index (Phi) is 8.40. The lowest BCUT2D eigenvalue weighted by atomic mass is 10.1. The Hall–Kier alpha value is -1.15. The molecule has 0 bridgehead atoms. The molecule has 0 saturated carbocycles. The monoisotopic (exact) mass is 433 g/mol. The lowest BCUT2D eigenvalue weighted by Crippen LogP contribution is -2.36. The number of guanidine groups is 1. The third-order valence-electron chi connectivity index (χ3n) is 3.00. The number of hydrogen-bond acceptors (Lipinski definition) is 2. The number of rotatable bonds is 5. The fourth-order valence-electron chi connectivity index (χ4n) is 1.90. The Morgan fingerprint density at radius 1 is 1.27 bits per heavy atom. The van der Waals surface area contributed by atoms with Crippen LogP contribution in [0, 0.1) is 12.7 Å². The quantitative estimate of drug-likeness (QED) is 0.424. The first kappa shape index (κ1) is 18.9. The van der Waals surface area contributed by atoms with Gasteiger partial charge < -0.3 is 10.6 Å². The molecule has 0 amide bonds. The molecule has 1 heterocycles. The summed E-state index contributed by atoms with van der Waals surface area (Å²) in [6.45, 7) is 5.89. The van der Waals surface area contributed by atoms with Crippen molar-refractivity contribution in [2.75, 3.05) is 6.54 Å². The van der Waals surface area contributed by atoms with Crippen LogP contribution in [0.25, 0.3) is 0 Å². The SMILES string of the molecule is CCNC(=NCc1ccc(F)c(C)c1)NCc1cccs1.I. The zero-order valence-electron chi connectivity index (χ0n) is 12.7. The van der Waals surface area contributed by atoms with Gasteiger partial charge in [0.1, 0.15) is 5.82 Å². The first-order chi connectivity index (χ1) is 10.2. The molecule has 22 heavy (non-hydrogen) atoms. The van der Waals surface area contributed by atoms with E-state index >= 15 is 0 Å². The number of hydrogen-bond donors (Lipinski definition) is 2. The third-order valence-corrected chi connectivity index (χ3v) is 3.87. The highest BCUT2D eigenvalue weighted by molar-refractivity contribution is 14.0. The van der Waals surface area contributed by atoms with Crippen LogP contribution < -0.4 is 10.6 Å². The highest BCUT2D eigenvalue weighted by atomic mass is 127. The maximum atomic E-state index is 13.2. The van der Waals surface area contributed by atoms with Crippen LogP contribution in [-0.4, -0.2) is 12.5 Å². The Morgan fingerprint density at radius 3 is 2.73 bits per heavy atom. The van der Waals surface area contributed by atoms with Crippen molar-refractivity contribution in [3.8, 4) is 0 Å². The standard InChI is InChI=1S/C16H20FN3S.HI/c1-3-18-16(20-11-14-5-4-8-21-14)19-10-13-6-7-15(17)12(2)9-13;/h4-9H,3,10-11H2,1-2H3,(H2,18,19,20);1H. The van der Waals surface area contributed by atoms with Gasteiger partial charge >= 0.3 is 0 Å². The largest absolute Gasteiger partial charge is 0.357 e. The Morgan fingerprint density at radius 2 is 2.09 bits per heavy atom. The van der Waals surface area contributed by atoms with Gasteiger partial charge in [-0.15, -0.1) is 35.3 Å². The van der Waals surface area contributed by atoms with Crippen LogP contribution in [0.5, 0.6) is 0 Å². The minimum Gasteiger partial charge on any atom is -0.357 e. The van der Waals surface area contributed by atoms with Gasteiger partial charge in [0, 0.05) is 11.4 Å². The van der Waals surface area contributed by atoms with Crippen molar-refractivity contribution in [3.63, 3.8) is 0 Å². The first-order valence-electron chi connectivity index (χ1n) is 6.98. The van der Waals surface area contributed by atoms with Crippen molar-refractivity contribution in [3.05, 3.63) is 57.5 Å². The molecular weight excluding hydrogens is 412 g/mol. The van der Waals surface area contributed by atoms with Crippen LogP contribution in [0.4, 0.5) is 4.39 Å². The predicted molar refractivity (Wildman–Crippen MR) is 103 cm³/mol. The van der Waals surface area contributed by atoms with Gasteiger partial charge in [0.2, 0.25) is 0 Å². The summed E-state index contributed by atoms with van der Waals surface area (Å²) in [5, 5.41) is 8.56. The number of thiophene rings is 1. The number of aliphatic imine (C=N–C) groups is 1. The number of halogens is 2. The van der Waals surface area contributed by atoms with Crippen molar-refractivity contribution in [1.82, 2.24) is 10.6 Å². The molecule has 0 radical (unpaired) electrons. The lowest BCUT2D eigenvalue weighted by molar-refractivity contribution is 0.617. The summed E-state index contributed by atoms with van der Waals surface area (Å²) in [6.07, 6.45) is 0. The van der Waals surface area contributed by atoms with E-state index in [2.05, 4.69) is 27.1 Å². The van der Waals surface area contributed by atoms with E-state index in [1.807, 2.05) is 19.1 Å². The van der Waals surface area contributed by atoms with Crippen LogP contribution in [-0.2, 0) is 13.1 Å².